The molecule has 0 fully saturated rings. The number of aryl methyl sites for hydroxylation is 1. The van der Waals surface area contributed by atoms with E-state index in [1.54, 1.807) is 0 Å². The zero-order valence-corrected chi connectivity index (χ0v) is 9.05. The average Bonchev–Trinajstić information content (AvgIpc) is 2.45. The third-order valence-electron chi connectivity index (χ3n) is 1.89. The summed E-state index contributed by atoms with van der Waals surface area (Å²) in [4.78, 5) is 10.9. The highest BCUT2D eigenvalue weighted by molar-refractivity contribution is 5.99. The zero-order chi connectivity index (χ0) is 10.6. The number of carbonyl (C=O) groups excluding carboxylic acids is 1. The molecule has 1 N–H and O–H groups in total. The number of hydrogen-bond acceptors (Lipinski definition) is 1. The van der Waals surface area contributed by atoms with Crippen LogP contribution in [0.3, 0.4) is 0 Å². The van der Waals surface area contributed by atoms with E-state index in [9.17, 15) is 4.79 Å². The Bertz CT molecular complexity index is 336. The first-order chi connectivity index (χ1) is 6.67. The van der Waals surface area contributed by atoms with Crippen LogP contribution in [0.15, 0.2) is 18.2 Å². The number of carbonyl (C=O) groups is 1. The second-order valence-electron chi connectivity index (χ2n) is 3.59. The molecule has 0 spiro atoms. The monoisotopic (exact) mass is 193 g/mol. The van der Waals surface area contributed by atoms with Crippen molar-refractivity contribution in [1.82, 2.24) is 0 Å². The van der Waals surface area contributed by atoms with Crippen LogP contribution in [0.1, 0.15) is 32.8 Å². The van der Waals surface area contributed by atoms with Crippen LogP contribution in [0, 0.1) is 6.92 Å². The predicted octanol–water partition coefficient (Wildman–Crippen LogP) is 3.15. The summed E-state index contributed by atoms with van der Waals surface area (Å²) in [6, 6.07) is 6.03. The summed E-state index contributed by atoms with van der Waals surface area (Å²) in [7, 11) is 0. The van der Waals surface area contributed by atoms with Gasteiger partial charge in [-0.3, -0.25) is 4.79 Å². The van der Waals surface area contributed by atoms with Gasteiger partial charge in [0, 0.05) is 7.11 Å². The van der Waals surface area contributed by atoms with E-state index in [2.05, 4.69) is 19.2 Å². The largest absolute Gasteiger partial charge is 0.326 e. The van der Waals surface area contributed by atoms with Gasteiger partial charge in [-0.05, 0) is 24.1 Å². The molecule has 2 rings (SSSR count). The summed E-state index contributed by atoms with van der Waals surface area (Å²) < 4.78 is 0. The van der Waals surface area contributed by atoms with Crippen LogP contribution < -0.4 is 5.32 Å². The summed E-state index contributed by atoms with van der Waals surface area (Å²) in [6.07, 6.45) is 1.79. The molecule has 0 saturated carbocycles. The first-order valence-electron chi connectivity index (χ1n) is 5.06. The van der Waals surface area contributed by atoms with E-state index < -0.39 is 0 Å². The first kappa shape index (κ1) is 10.8. The van der Waals surface area contributed by atoms with E-state index in [0.29, 0.717) is 6.42 Å². The second kappa shape index (κ2) is 4.80. The van der Waals surface area contributed by atoms with E-state index in [-0.39, 0.29) is 7.33 Å². The standard InChI is InChI=1S/C9H9NO.C3H8.H2/c1-6-2-3-7-5-9(11)10-8(7)4-6;1-3-2;/h2-4H,5H2,1H3,(H,10,11);3H2,1-2H3;1H. The molecule has 0 aromatic heterocycles. The van der Waals surface area contributed by atoms with Crippen LogP contribution in [0.2, 0.25) is 0 Å². The van der Waals surface area contributed by atoms with Gasteiger partial charge >= 0.3 is 0 Å². The van der Waals surface area contributed by atoms with Crippen molar-refractivity contribution in [3.05, 3.63) is 29.3 Å². The predicted molar refractivity (Wildman–Crippen MR) is 61.6 cm³/mol. The Kier molecular flexibility index (Phi) is 3.69. The molecule has 0 unspecified atom stereocenters. The lowest BCUT2D eigenvalue weighted by Crippen LogP contribution is -2.03. The van der Waals surface area contributed by atoms with Crippen molar-refractivity contribution in [3.63, 3.8) is 0 Å². The lowest BCUT2D eigenvalue weighted by Gasteiger charge is -1.97. The van der Waals surface area contributed by atoms with Crippen molar-refractivity contribution in [2.24, 2.45) is 0 Å². The van der Waals surface area contributed by atoms with Gasteiger partial charge in [0.05, 0.1) is 6.42 Å². The Labute approximate surface area is 86.8 Å². The van der Waals surface area contributed by atoms with Crippen LogP contribution in [0.4, 0.5) is 5.69 Å². The highest BCUT2D eigenvalue weighted by atomic mass is 16.1. The molecule has 0 atom stereocenters. The Balaban J connectivity index is 0.000000443. The van der Waals surface area contributed by atoms with Crippen molar-refractivity contribution in [2.45, 2.75) is 33.6 Å². The van der Waals surface area contributed by atoms with Gasteiger partial charge in [-0.25, -0.2) is 0 Å². The van der Waals surface area contributed by atoms with Gasteiger partial charge in [-0.15, -0.1) is 0 Å². The van der Waals surface area contributed by atoms with Crippen LogP contribution in [-0.4, -0.2) is 5.91 Å². The Hall–Kier alpha value is -1.31. The van der Waals surface area contributed by atoms with Gasteiger partial charge in [-0.2, -0.15) is 0 Å². The smallest absolute Gasteiger partial charge is 0.228 e. The van der Waals surface area contributed by atoms with E-state index in [1.807, 2.05) is 25.1 Å². The average molecular weight is 193 g/mol. The third kappa shape index (κ3) is 2.59. The first-order valence-corrected chi connectivity index (χ1v) is 5.06. The summed E-state index contributed by atoms with van der Waals surface area (Å²) in [6.45, 7) is 6.27. The number of amides is 1. The molecule has 1 aliphatic heterocycles. The molecule has 1 aliphatic rings. The highest BCUT2D eigenvalue weighted by Gasteiger charge is 2.16. The minimum atomic E-state index is 0. The molecule has 2 heteroatoms. The topological polar surface area (TPSA) is 29.1 Å². The number of benzene rings is 1. The fourth-order valence-corrected chi connectivity index (χ4v) is 1.33. The molecule has 2 nitrogen and oxygen atoms in total. The van der Waals surface area contributed by atoms with Gasteiger partial charge in [-0.1, -0.05) is 32.4 Å². The van der Waals surface area contributed by atoms with Gasteiger partial charge < -0.3 is 5.32 Å². The lowest BCUT2D eigenvalue weighted by molar-refractivity contribution is -0.115. The van der Waals surface area contributed by atoms with Crippen LogP contribution >= 0.6 is 0 Å². The van der Waals surface area contributed by atoms with E-state index >= 15 is 0 Å². The Morgan fingerprint density at radius 3 is 2.71 bits per heavy atom. The molecule has 0 aliphatic carbocycles. The number of nitrogens with one attached hydrogen (secondary N) is 1. The van der Waals surface area contributed by atoms with Crippen molar-refractivity contribution in [2.75, 3.05) is 5.32 Å². The maximum atomic E-state index is 10.9. The molecule has 1 aromatic rings. The molecule has 14 heavy (non-hydrogen) atoms. The molecule has 78 valence electrons. The zero-order valence-electron chi connectivity index (χ0n) is 9.05. The SMILES string of the molecule is CCC.Cc1ccc2c(c1)NC(=O)C2.[HH]. The van der Waals surface area contributed by atoms with Crippen LogP contribution in [0.25, 0.3) is 0 Å². The summed E-state index contributed by atoms with van der Waals surface area (Å²) in [5, 5.41) is 2.80. The van der Waals surface area contributed by atoms with Crippen molar-refractivity contribution >= 4 is 11.6 Å². The molecular formula is C12H19NO. The minimum absolute atomic E-state index is 0. The third-order valence-corrected chi connectivity index (χ3v) is 1.89. The number of hydrogen-bond donors (Lipinski definition) is 1. The van der Waals surface area contributed by atoms with Gasteiger partial charge in [0.25, 0.3) is 0 Å². The minimum Gasteiger partial charge on any atom is -0.326 e. The fraction of sp³-hybridized carbons (Fsp3) is 0.417. The maximum Gasteiger partial charge on any atom is 0.228 e. The molecule has 1 aromatic carbocycles. The molecule has 1 heterocycles. The van der Waals surface area contributed by atoms with Crippen molar-refractivity contribution in [1.29, 1.82) is 0 Å². The summed E-state index contributed by atoms with van der Waals surface area (Å²) in [5.41, 5.74) is 3.28. The van der Waals surface area contributed by atoms with Crippen molar-refractivity contribution < 1.29 is 6.22 Å². The quantitative estimate of drug-likeness (QED) is 0.673. The number of anilines is 1. The second-order valence-corrected chi connectivity index (χ2v) is 3.59. The fourth-order valence-electron chi connectivity index (χ4n) is 1.33. The normalized spacial score (nSPS) is 12.6. The van der Waals surface area contributed by atoms with E-state index in [1.165, 1.54) is 12.0 Å². The number of fused-ring (bicyclic) bond motifs is 1. The lowest BCUT2D eigenvalue weighted by atomic mass is 10.1. The van der Waals surface area contributed by atoms with Crippen molar-refractivity contribution in [3.8, 4) is 0 Å². The Morgan fingerprint density at radius 2 is 2.07 bits per heavy atom. The summed E-state index contributed by atoms with van der Waals surface area (Å²) >= 11 is 0. The highest BCUT2D eigenvalue weighted by Crippen LogP contribution is 2.23. The van der Waals surface area contributed by atoms with E-state index in [4.69, 9.17) is 0 Å². The molecular weight excluding hydrogens is 174 g/mol. The van der Waals surface area contributed by atoms with Gasteiger partial charge in [0.1, 0.15) is 0 Å². The molecule has 0 saturated heterocycles. The van der Waals surface area contributed by atoms with Gasteiger partial charge in [0.2, 0.25) is 5.91 Å². The van der Waals surface area contributed by atoms with Crippen LogP contribution in [0.5, 0.6) is 0 Å². The molecule has 0 bridgehead atoms. The Morgan fingerprint density at radius 1 is 1.43 bits per heavy atom. The summed E-state index contributed by atoms with van der Waals surface area (Å²) in [5.74, 6) is 0.102. The number of rotatable bonds is 0. The van der Waals surface area contributed by atoms with E-state index in [0.717, 1.165) is 11.3 Å². The maximum absolute atomic E-state index is 10.9. The van der Waals surface area contributed by atoms with Gasteiger partial charge in [0.15, 0.2) is 0 Å². The molecule has 0 radical (unpaired) electrons. The molecule has 1 amide bonds. The van der Waals surface area contributed by atoms with Crippen LogP contribution in [-0.2, 0) is 11.2 Å².